The van der Waals surface area contributed by atoms with Crippen LogP contribution in [0.15, 0.2) is 69.6 Å². The summed E-state index contributed by atoms with van der Waals surface area (Å²) >= 11 is 1.32. The molecular formula is C28H30N2O4S. The fourth-order valence-electron chi connectivity index (χ4n) is 4.12. The molecule has 0 bridgehead atoms. The molecule has 7 heteroatoms. The number of benzene rings is 2. The summed E-state index contributed by atoms with van der Waals surface area (Å²) in [6.45, 7) is 10.3. The predicted molar refractivity (Wildman–Crippen MR) is 139 cm³/mol. The van der Waals surface area contributed by atoms with Crippen LogP contribution in [0.5, 0.6) is 5.75 Å². The molecule has 1 aliphatic heterocycles. The van der Waals surface area contributed by atoms with Gasteiger partial charge in [-0.25, -0.2) is 9.79 Å². The first kappa shape index (κ1) is 24.7. The van der Waals surface area contributed by atoms with Gasteiger partial charge in [0.1, 0.15) is 5.75 Å². The summed E-state index contributed by atoms with van der Waals surface area (Å²) < 4.78 is 12.8. The number of thiazole rings is 1. The molecule has 0 radical (unpaired) electrons. The van der Waals surface area contributed by atoms with Crippen molar-refractivity contribution in [2.45, 2.75) is 46.1 Å². The van der Waals surface area contributed by atoms with E-state index in [4.69, 9.17) is 9.47 Å². The second-order valence-corrected chi connectivity index (χ2v) is 10.5. The molecule has 182 valence electrons. The highest BCUT2D eigenvalue weighted by Gasteiger charge is 2.33. The van der Waals surface area contributed by atoms with Gasteiger partial charge in [-0.15, -0.1) is 0 Å². The van der Waals surface area contributed by atoms with Crippen molar-refractivity contribution in [1.29, 1.82) is 0 Å². The summed E-state index contributed by atoms with van der Waals surface area (Å²) in [7, 11) is 1.60. The highest BCUT2D eigenvalue weighted by Crippen LogP contribution is 2.31. The summed E-state index contributed by atoms with van der Waals surface area (Å²) in [6.07, 6.45) is 1.88. The Kier molecular flexibility index (Phi) is 6.81. The molecule has 3 aromatic rings. The maximum atomic E-state index is 13.7. The van der Waals surface area contributed by atoms with E-state index < -0.39 is 12.0 Å². The van der Waals surface area contributed by atoms with Crippen LogP contribution in [0, 0.1) is 0 Å². The second-order valence-electron chi connectivity index (χ2n) is 9.45. The summed E-state index contributed by atoms with van der Waals surface area (Å²) in [5, 5.41) is 0. The molecule has 2 heterocycles. The fraction of sp³-hybridized carbons (Fsp3) is 0.321. The lowest BCUT2D eigenvalue weighted by Gasteiger charge is -2.24. The van der Waals surface area contributed by atoms with Gasteiger partial charge in [0.15, 0.2) is 4.80 Å². The van der Waals surface area contributed by atoms with Gasteiger partial charge >= 0.3 is 5.97 Å². The van der Waals surface area contributed by atoms with Crippen molar-refractivity contribution in [3.8, 4) is 5.75 Å². The van der Waals surface area contributed by atoms with Crippen molar-refractivity contribution >= 4 is 23.4 Å². The standard InChI is InChI=1S/C28H30N2O4S/c1-7-34-26(32)23-17(2)29-27-30(24(23)19-10-14-21(33-6)15-11-19)25(31)22(35-27)16-18-8-12-20(13-9-18)28(3,4)5/h8-16,24H,7H2,1-6H3/b22-16+/t24-/m1/s1. The Morgan fingerprint density at radius 1 is 1.11 bits per heavy atom. The molecule has 0 aliphatic carbocycles. The lowest BCUT2D eigenvalue weighted by molar-refractivity contribution is -0.139. The van der Waals surface area contributed by atoms with Gasteiger partial charge < -0.3 is 9.47 Å². The molecule has 1 atom stereocenters. The molecule has 0 unspecified atom stereocenters. The Balaban J connectivity index is 1.88. The number of carbonyl (C=O) groups is 1. The SMILES string of the molecule is CCOC(=O)C1=C(C)N=c2s/c(=C/c3ccc(C(C)(C)C)cc3)c(=O)n2[C@@H]1c1ccc(OC)cc1. The summed E-state index contributed by atoms with van der Waals surface area (Å²) in [6, 6.07) is 15.0. The molecule has 0 saturated carbocycles. The highest BCUT2D eigenvalue weighted by molar-refractivity contribution is 7.07. The van der Waals surface area contributed by atoms with Crippen LogP contribution >= 0.6 is 11.3 Å². The molecule has 0 fully saturated rings. The average molecular weight is 491 g/mol. The normalized spacial score (nSPS) is 16.1. The molecule has 1 aliphatic rings. The van der Waals surface area contributed by atoms with Gasteiger partial charge in [-0.05, 0) is 54.2 Å². The van der Waals surface area contributed by atoms with Crippen LogP contribution < -0.4 is 19.6 Å². The zero-order chi connectivity index (χ0) is 25.3. The number of carbonyl (C=O) groups excluding carboxylic acids is 1. The first-order valence-corrected chi connectivity index (χ1v) is 12.4. The Morgan fingerprint density at radius 3 is 2.34 bits per heavy atom. The van der Waals surface area contributed by atoms with Crippen LogP contribution in [-0.2, 0) is 14.9 Å². The maximum absolute atomic E-state index is 13.7. The molecular weight excluding hydrogens is 460 g/mol. The van der Waals surface area contributed by atoms with E-state index in [9.17, 15) is 9.59 Å². The summed E-state index contributed by atoms with van der Waals surface area (Å²) in [5.74, 6) is 0.222. The van der Waals surface area contributed by atoms with E-state index in [1.807, 2.05) is 42.5 Å². The van der Waals surface area contributed by atoms with Gasteiger partial charge in [-0.3, -0.25) is 9.36 Å². The number of hydrogen-bond donors (Lipinski definition) is 0. The minimum atomic E-state index is -0.637. The van der Waals surface area contributed by atoms with E-state index in [1.165, 1.54) is 16.9 Å². The number of nitrogens with zero attached hydrogens (tertiary/aromatic N) is 2. The van der Waals surface area contributed by atoms with Crippen LogP contribution in [0.25, 0.3) is 6.08 Å². The summed E-state index contributed by atoms with van der Waals surface area (Å²) in [4.78, 5) is 31.8. The molecule has 0 N–H and O–H groups in total. The molecule has 6 nitrogen and oxygen atoms in total. The first-order chi connectivity index (χ1) is 16.6. The molecule has 4 rings (SSSR count). The van der Waals surface area contributed by atoms with Crippen molar-refractivity contribution in [2.24, 2.45) is 4.99 Å². The Bertz CT molecular complexity index is 1450. The Hall–Kier alpha value is -3.45. The first-order valence-electron chi connectivity index (χ1n) is 11.6. The van der Waals surface area contributed by atoms with Gasteiger partial charge in [0, 0.05) is 0 Å². The van der Waals surface area contributed by atoms with E-state index in [1.54, 1.807) is 25.5 Å². The zero-order valence-corrected chi connectivity index (χ0v) is 21.7. The number of ether oxygens (including phenoxy) is 2. The van der Waals surface area contributed by atoms with E-state index >= 15 is 0 Å². The van der Waals surface area contributed by atoms with Crippen molar-refractivity contribution in [3.63, 3.8) is 0 Å². The van der Waals surface area contributed by atoms with Crippen LogP contribution in [0.3, 0.4) is 0 Å². The number of methoxy groups -OCH3 is 1. The van der Waals surface area contributed by atoms with E-state index in [2.05, 4.69) is 37.9 Å². The molecule has 0 spiro atoms. The van der Waals surface area contributed by atoms with Gasteiger partial charge in [0.25, 0.3) is 5.56 Å². The van der Waals surface area contributed by atoms with Gasteiger partial charge in [0.05, 0.1) is 35.6 Å². The van der Waals surface area contributed by atoms with E-state index in [-0.39, 0.29) is 17.6 Å². The zero-order valence-electron chi connectivity index (χ0n) is 20.9. The third-order valence-electron chi connectivity index (χ3n) is 6.02. The van der Waals surface area contributed by atoms with Crippen molar-refractivity contribution in [1.82, 2.24) is 4.57 Å². The van der Waals surface area contributed by atoms with Gasteiger partial charge in [-0.1, -0.05) is 68.5 Å². The lowest BCUT2D eigenvalue weighted by Crippen LogP contribution is -2.39. The quantitative estimate of drug-likeness (QED) is 0.505. The van der Waals surface area contributed by atoms with Gasteiger partial charge in [0.2, 0.25) is 0 Å². The second kappa shape index (κ2) is 9.66. The topological polar surface area (TPSA) is 69.9 Å². The molecule has 0 saturated heterocycles. The van der Waals surface area contributed by atoms with Gasteiger partial charge in [-0.2, -0.15) is 0 Å². The number of allylic oxidation sites excluding steroid dienone is 1. The summed E-state index contributed by atoms with van der Waals surface area (Å²) in [5.41, 5.74) is 3.72. The van der Waals surface area contributed by atoms with Crippen LogP contribution in [0.1, 0.15) is 57.4 Å². The number of aromatic nitrogens is 1. The van der Waals surface area contributed by atoms with Crippen LogP contribution in [0.4, 0.5) is 0 Å². The molecule has 35 heavy (non-hydrogen) atoms. The Labute approximate surface area is 208 Å². The number of hydrogen-bond acceptors (Lipinski definition) is 6. The fourth-order valence-corrected chi connectivity index (χ4v) is 5.17. The highest BCUT2D eigenvalue weighted by atomic mass is 32.1. The molecule has 1 aromatic heterocycles. The molecule has 0 amide bonds. The van der Waals surface area contributed by atoms with Crippen molar-refractivity contribution < 1.29 is 14.3 Å². The molecule has 2 aromatic carbocycles. The number of esters is 1. The number of fused-ring (bicyclic) bond motifs is 1. The van der Waals surface area contributed by atoms with E-state index in [0.717, 1.165) is 11.1 Å². The smallest absolute Gasteiger partial charge is 0.338 e. The lowest BCUT2D eigenvalue weighted by atomic mass is 9.87. The predicted octanol–water partition coefficient (Wildman–Crippen LogP) is 4.10. The Morgan fingerprint density at radius 2 is 1.77 bits per heavy atom. The van der Waals surface area contributed by atoms with E-state index in [0.29, 0.717) is 26.4 Å². The van der Waals surface area contributed by atoms with Crippen LogP contribution in [0.2, 0.25) is 0 Å². The minimum Gasteiger partial charge on any atom is -0.497 e. The minimum absolute atomic E-state index is 0.0528. The third-order valence-corrected chi connectivity index (χ3v) is 7.01. The van der Waals surface area contributed by atoms with Crippen molar-refractivity contribution in [3.05, 3.63) is 96.2 Å². The number of rotatable bonds is 5. The average Bonchev–Trinajstić information content (AvgIpc) is 3.12. The van der Waals surface area contributed by atoms with Crippen molar-refractivity contribution in [2.75, 3.05) is 13.7 Å². The largest absolute Gasteiger partial charge is 0.497 e. The van der Waals surface area contributed by atoms with Crippen LogP contribution in [-0.4, -0.2) is 24.3 Å². The third kappa shape index (κ3) is 4.86. The monoisotopic (exact) mass is 490 g/mol. The maximum Gasteiger partial charge on any atom is 0.338 e.